The van der Waals surface area contributed by atoms with E-state index in [4.69, 9.17) is 9.15 Å². The number of benzene rings is 7. The minimum atomic E-state index is 0.108. The molecule has 0 bridgehead atoms. The van der Waals surface area contributed by atoms with E-state index >= 15 is 0 Å². The van der Waals surface area contributed by atoms with Crippen molar-refractivity contribution in [1.29, 1.82) is 0 Å². The number of nitrogens with one attached hydrogen (secondary N) is 1. The first-order chi connectivity index (χ1) is 25.7. The zero-order valence-electron chi connectivity index (χ0n) is 28.9. The summed E-state index contributed by atoms with van der Waals surface area (Å²) in [5.74, 6) is 0.274. The third kappa shape index (κ3) is 5.91. The third-order valence-electron chi connectivity index (χ3n) is 10.2. The second-order valence-corrected chi connectivity index (χ2v) is 13.3. The zero-order valence-corrected chi connectivity index (χ0v) is 28.9. The topological polar surface area (TPSA) is 38.2 Å². The number of allylic oxidation sites excluding steroid dienone is 2. The fraction of sp³-hybridized carbons (Fsp3) is 0.0612. The molecule has 3 nitrogen and oxygen atoms in total. The first kappa shape index (κ1) is 31.6. The van der Waals surface area contributed by atoms with Crippen molar-refractivity contribution >= 4 is 43.7 Å². The maximum atomic E-state index is 6.26. The number of furan rings is 1. The van der Waals surface area contributed by atoms with Crippen LogP contribution in [0.1, 0.15) is 11.5 Å². The second-order valence-electron chi connectivity index (χ2n) is 13.3. The lowest BCUT2D eigenvalue weighted by molar-refractivity contribution is 0.128. The first-order valence-corrected chi connectivity index (χ1v) is 17.8. The van der Waals surface area contributed by atoms with Gasteiger partial charge in [-0.05, 0) is 63.7 Å². The fourth-order valence-corrected chi connectivity index (χ4v) is 7.54. The van der Waals surface area contributed by atoms with Crippen molar-refractivity contribution < 1.29 is 9.15 Å². The Labute approximate surface area is 303 Å². The number of ether oxygens (including phenoxy) is 1. The number of aromatic nitrogens is 1. The van der Waals surface area contributed by atoms with Crippen LogP contribution in [0.5, 0.6) is 0 Å². The van der Waals surface area contributed by atoms with E-state index in [1.165, 1.54) is 49.6 Å². The van der Waals surface area contributed by atoms with Gasteiger partial charge in [0, 0.05) is 51.2 Å². The molecule has 2 unspecified atom stereocenters. The summed E-state index contributed by atoms with van der Waals surface area (Å²) in [5, 5.41) is 4.87. The molecule has 0 radical (unpaired) electrons. The van der Waals surface area contributed by atoms with Gasteiger partial charge in [0.1, 0.15) is 11.2 Å². The number of rotatable bonds is 5. The Bertz CT molecular complexity index is 2750. The molecule has 0 saturated carbocycles. The van der Waals surface area contributed by atoms with Crippen LogP contribution in [0, 0.1) is 0 Å². The highest BCUT2D eigenvalue weighted by atomic mass is 16.5. The largest absolute Gasteiger partial charge is 0.455 e. The average molecular weight is 672 g/mol. The molecule has 7 aromatic carbocycles. The number of H-pyrrole nitrogens is 1. The molecule has 0 spiro atoms. The average Bonchev–Trinajstić information content (AvgIpc) is 3.80. The van der Waals surface area contributed by atoms with Crippen molar-refractivity contribution in [2.45, 2.75) is 12.0 Å². The van der Waals surface area contributed by atoms with Gasteiger partial charge in [-0.25, -0.2) is 0 Å². The van der Waals surface area contributed by atoms with Crippen LogP contribution in [-0.2, 0) is 4.74 Å². The van der Waals surface area contributed by atoms with E-state index in [0.29, 0.717) is 0 Å². The van der Waals surface area contributed by atoms with Crippen LogP contribution in [-0.4, -0.2) is 18.2 Å². The summed E-state index contributed by atoms with van der Waals surface area (Å²) in [6, 6.07) is 57.7. The fourth-order valence-electron chi connectivity index (χ4n) is 7.54. The minimum Gasteiger partial charge on any atom is -0.455 e. The lowest BCUT2D eigenvalue weighted by Gasteiger charge is -2.23. The SMILES string of the molecule is COC1C=CC=CC1c1ccc2c(c1)[nH]c1ccccc12.c1ccc(-c2cccc(-c3cccc(-c4cccc5c4oc4ccccc45)c3)c2)cc1. The normalized spacial score (nSPS) is 15.3. The van der Waals surface area contributed by atoms with Gasteiger partial charge in [0.15, 0.2) is 0 Å². The number of aromatic amines is 1. The monoisotopic (exact) mass is 671 g/mol. The maximum Gasteiger partial charge on any atom is 0.143 e. The summed E-state index contributed by atoms with van der Waals surface area (Å²) in [5.41, 5.74) is 12.7. The Kier molecular flexibility index (Phi) is 8.32. The quantitative estimate of drug-likeness (QED) is 0.198. The van der Waals surface area contributed by atoms with Gasteiger partial charge in [0.2, 0.25) is 0 Å². The van der Waals surface area contributed by atoms with Gasteiger partial charge in [-0.3, -0.25) is 0 Å². The van der Waals surface area contributed by atoms with Crippen LogP contribution in [0.4, 0.5) is 0 Å². The smallest absolute Gasteiger partial charge is 0.143 e. The summed E-state index contributed by atoms with van der Waals surface area (Å²) < 4.78 is 11.8. The predicted molar refractivity (Wildman–Crippen MR) is 218 cm³/mol. The molecule has 0 fully saturated rings. The van der Waals surface area contributed by atoms with Gasteiger partial charge in [0.05, 0.1) is 6.10 Å². The first-order valence-electron chi connectivity index (χ1n) is 17.8. The van der Waals surface area contributed by atoms with Crippen LogP contribution in [0.2, 0.25) is 0 Å². The Morgan fingerprint density at radius 2 is 1.10 bits per heavy atom. The molecule has 2 heterocycles. The Balaban J connectivity index is 0.000000149. The van der Waals surface area contributed by atoms with Crippen LogP contribution < -0.4 is 0 Å². The van der Waals surface area contributed by atoms with E-state index in [1.54, 1.807) is 7.11 Å². The lowest BCUT2D eigenvalue weighted by atomic mass is 9.89. The third-order valence-corrected chi connectivity index (χ3v) is 10.2. The highest BCUT2D eigenvalue weighted by Gasteiger charge is 2.21. The van der Waals surface area contributed by atoms with Crippen molar-refractivity contribution in [3.8, 4) is 33.4 Å². The summed E-state index contributed by atoms with van der Waals surface area (Å²) in [4.78, 5) is 3.51. The van der Waals surface area contributed by atoms with Crippen LogP contribution in [0.15, 0.2) is 193 Å². The van der Waals surface area contributed by atoms with Gasteiger partial charge < -0.3 is 14.1 Å². The molecule has 0 amide bonds. The molecule has 1 N–H and O–H groups in total. The van der Waals surface area contributed by atoms with Crippen LogP contribution in [0.3, 0.4) is 0 Å². The molecule has 52 heavy (non-hydrogen) atoms. The minimum absolute atomic E-state index is 0.108. The molecule has 10 rings (SSSR count). The van der Waals surface area contributed by atoms with Gasteiger partial charge in [0.25, 0.3) is 0 Å². The second kappa shape index (κ2) is 13.7. The van der Waals surface area contributed by atoms with Crippen molar-refractivity contribution in [2.24, 2.45) is 0 Å². The van der Waals surface area contributed by atoms with Crippen LogP contribution in [0.25, 0.3) is 77.1 Å². The van der Waals surface area contributed by atoms with Gasteiger partial charge in [-0.15, -0.1) is 0 Å². The van der Waals surface area contributed by atoms with Gasteiger partial charge in [-0.2, -0.15) is 0 Å². The highest BCUT2D eigenvalue weighted by Crippen LogP contribution is 2.37. The Morgan fingerprint density at radius 3 is 1.92 bits per heavy atom. The lowest BCUT2D eigenvalue weighted by Crippen LogP contribution is -2.18. The standard InChI is InChI=1S/C30H20O.C19H17NO/c1-2-9-21(10-3-1)22-11-6-12-23(19-22)24-13-7-14-25(20-24)26-16-8-17-28-27-15-4-5-18-29(27)31-30(26)28;1-21-19-9-5-3-6-14(19)13-10-11-16-15-7-2-4-8-17(15)20-18(16)12-13/h1-20H;2-12,14,19-20H,1H3. The predicted octanol–water partition coefficient (Wildman–Crippen LogP) is 13.1. The molecule has 1 aliphatic rings. The van der Waals surface area contributed by atoms with Gasteiger partial charge in [-0.1, -0.05) is 158 Å². The van der Waals surface area contributed by atoms with Crippen molar-refractivity contribution in [2.75, 3.05) is 7.11 Å². The van der Waals surface area contributed by atoms with E-state index in [9.17, 15) is 0 Å². The van der Waals surface area contributed by atoms with E-state index in [2.05, 4.69) is 175 Å². The number of fused-ring (bicyclic) bond motifs is 6. The Morgan fingerprint density at radius 1 is 0.481 bits per heavy atom. The number of hydrogen-bond acceptors (Lipinski definition) is 2. The maximum absolute atomic E-state index is 6.26. The zero-order chi connectivity index (χ0) is 34.9. The summed E-state index contributed by atoms with van der Waals surface area (Å²) >= 11 is 0. The molecule has 2 atom stereocenters. The molecule has 1 aliphatic carbocycles. The van der Waals surface area contributed by atoms with Crippen molar-refractivity contribution in [3.05, 3.63) is 194 Å². The molecule has 0 saturated heterocycles. The number of methoxy groups -OCH3 is 1. The molecule has 3 heteroatoms. The van der Waals surface area contributed by atoms with Crippen molar-refractivity contribution in [3.63, 3.8) is 0 Å². The molecule has 250 valence electrons. The summed E-state index contributed by atoms with van der Waals surface area (Å²) in [7, 11) is 1.77. The van der Waals surface area contributed by atoms with E-state index in [1.807, 2.05) is 18.2 Å². The van der Waals surface area contributed by atoms with Gasteiger partial charge >= 0.3 is 0 Å². The molecular weight excluding hydrogens is 635 g/mol. The molecular formula is C49H37NO2. The molecule has 9 aromatic rings. The number of para-hydroxylation sites is 3. The van der Waals surface area contributed by atoms with E-state index in [0.717, 1.165) is 33.1 Å². The summed E-state index contributed by atoms with van der Waals surface area (Å²) in [6.45, 7) is 0. The molecule has 0 aliphatic heterocycles. The Hall–Kier alpha value is -6.42. The highest BCUT2D eigenvalue weighted by molar-refractivity contribution is 6.10. The molecule has 2 aromatic heterocycles. The van der Waals surface area contributed by atoms with Crippen molar-refractivity contribution in [1.82, 2.24) is 4.98 Å². The number of hydrogen-bond donors (Lipinski definition) is 1. The van der Waals surface area contributed by atoms with E-state index < -0.39 is 0 Å². The summed E-state index contributed by atoms with van der Waals surface area (Å²) in [6.07, 6.45) is 8.57. The van der Waals surface area contributed by atoms with E-state index in [-0.39, 0.29) is 12.0 Å². The van der Waals surface area contributed by atoms with Crippen LogP contribution >= 0.6 is 0 Å².